The van der Waals surface area contributed by atoms with Crippen LogP contribution in [0.5, 0.6) is 5.75 Å². The maximum absolute atomic E-state index is 13.7. The van der Waals surface area contributed by atoms with Crippen LogP contribution in [0.2, 0.25) is 0 Å². The topological polar surface area (TPSA) is 58.6 Å². The third-order valence-corrected chi connectivity index (χ3v) is 7.06. The van der Waals surface area contributed by atoms with E-state index >= 15 is 0 Å². The zero-order valence-corrected chi connectivity index (χ0v) is 22.2. The summed E-state index contributed by atoms with van der Waals surface area (Å²) in [5, 5.41) is 3.23. The van der Waals surface area contributed by atoms with E-state index in [-0.39, 0.29) is 24.5 Å². The maximum Gasteiger partial charge on any atom is 0.261 e. The number of hydrogen-bond donors (Lipinski definition) is 1. The van der Waals surface area contributed by atoms with Gasteiger partial charge in [-0.05, 0) is 60.7 Å². The van der Waals surface area contributed by atoms with Crippen molar-refractivity contribution in [2.75, 3.05) is 6.61 Å². The van der Waals surface area contributed by atoms with Crippen molar-refractivity contribution in [3.63, 3.8) is 0 Å². The fourth-order valence-electron chi connectivity index (χ4n) is 4.69. The molecule has 2 amide bonds. The quantitative estimate of drug-likeness (QED) is 0.346. The highest BCUT2D eigenvalue weighted by Gasteiger charge is 2.32. The van der Waals surface area contributed by atoms with E-state index in [1.54, 1.807) is 4.90 Å². The van der Waals surface area contributed by atoms with Gasteiger partial charge >= 0.3 is 0 Å². The molecule has 1 atom stereocenters. The van der Waals surface area contributed by atoms with Crippen molar-refractivity contribution in [1.82, 2.24) is 10.2 Å². The standard InChI is InChI=1S/C30H33BrN2O3/c1-22-9-7-16-27(17-22)36-21-29(34)33(20-24-12-8-13-25(31)18-24)28(19-23-10-3-2-4-11-23)30(35)32-26-14-5-6-15-26/h2-4,7-13,16-18,26,28H,5-6,14-15,19-21H2,1H3,(H,32,35)/t28-/m0/s1. The molecule has 1 fully saturated rings. The molecule has 1 aliphatic rings. The summed E-state index contributed by atoms with van der Waals surface area (Å²) in [5.74, 6) is 0.310. The Labute approximate surface area is 222 Å². The van der Waals surface area contributed by atoms with Crippen LogP contribution in [0.1, 0.15) is 42.4 Å². The molecule has 1 saturated carbocycles. The van der Waals surface area contributed by atoms with Crippen LogP contribution in [0.15, 0.2) is 83.3 Å². The van der Waals surface area contributed by atoms with E-state index in [0.717, 1.165) is 46.8 Å². The lowest BCUT2D eigenvalue weighted by Crippen LogP contribution is -2.53. The van der Waals surface area contributed by atoms with E-state index in [4.69, 9.17) is 4.74 Å². The third kappa shape index (κ3) is 7.44. The molecule has 0 aliphatic heterocycles. The van der Waals surface area contributed by atoms with Gasteiger partial charge in [0.1, 0.15) is 11.8 Å². The minimum atomic E-state index is -0.652. The molecule has 3 aromatic carbocycles. The molecule has 1 aliphatic carbocycles. The highest BCUT2D eigenvalue weighted by atomic mass is 79.9. The van der Waals surface area contributed by atoms with E-state index < -0.39 is 6.04 Å². The summed E-state index contributed by atoms with van der Waals surface area (Å²) in [5.41, 5.74) is 3.01. The number of amides is 2. The molecule has 0 radical (unpaired) electrons. The van der Waals surface area contributed by atoms with Gasteiger partial charge in [-0.2, -0.15) is 0 Å². The van der Waals surface area contributed by atoms with Crippen molar-refractivity contribution in [3.8, 4) is 5.75 Å². The monoisotopic (exact) mass is 548 g/mol. The second kappa shape index (κ2) is 12.7. The average Bonchev–Trinajstić information content (AvgIpc) is 3.38. The van der Waals surface area contributed by atoms with E-state index in [1.807, 2.05) is 85.8 Å². The van der Waals surface area contributed by atoms with E-state index in [2.05, 4.69) is 21.2 Å². The number of ether oxygens (including phenoxy) is 1. The van der Waals surface area contributed by atoms with Gasteiger partial charge in [0.25, 0.3) is 5.91 Å². The number of rotatable bonds is 10. The number of benzene rings is 3. The van der Waals surface area contributed by atoms with Crippen LogP contribution in [-0.4, -0.2) is 35.4 Å². The lowest BCUT2D eigenvalue weighted by molar-refractivity contribution is -0.143. The molecule has 0 spiro atoms. The predicted molar refractivity (Wildman–Crippen MR) is 146 cm³/mol. The normalized spacial score (nSPS) is 14.3. The first-order chi connectivity index (χ1) is 17.5. The van der Waals surface area contributed by atoms with Gasteiger partial charge in [0, 0.05) is 23.5 Å². The Morgan fingerprint density at radius 1 is 0.972 bits per heavy atom. The van der Waals surface area contributed by atoms with Crippen molar-refractivity contribution in [3.05, 3.63) is 100 Å². The molecular weight excluding hydrogens is 516 g/mol. The van der Waals surface area contributed by atoms with Gasteiger partial charge in [-0.3, -0.25) is 9.59 Å². The van der Waals surface area contributed by atoms with Crippen molar-refractivity contribution in [2.24, 2.45) is 0 Å². The lowest BCUT2D eigenvalue weighted by Gasteiger charge is -2.32. The molecule has 0 saturated heterocycles. The molecule has 1 N–H and O–H groups in total. The summed E-state index contributed by atoms with van der Waals surface area (Å²) in [6, 6.07) is 24.9. The molecule has 36 heavy (non-hydrogen) atoms. The molecule has 0 unspecified atom stereocenters. The molecule has 4 rings (SSSR count). The zero-order chi connectivity index (χ0) is 25.3. The lowest BCUT2D eigenvalue weighted by atomic mass is 10.0. The molecule has 188 valence electrons. The molecule has 3 aromatic rings. The Morgan fingerprint density at radius 2 is 1.69 bits per heavy atom. The van der Waals surface area contributed by atoms with Gasteiger partial charge in [0.15, 0.2) is 6.61 Å². The Hall–Kier alpha value is -3.12. The first-order valence-electron chi connectivity index (χ1n) is 12.6. The first kappa shape index (κ1) is 26.0. The molecular formula is C30H33BrN2O3. The van der Waals surface area contributed by atoms with Crippen molar-refractivity contribution < 1.29 is 14.3 Å². The smallest absolute Gasteiger partial charge is 0.261 e. The van der Waals surface area contributed by atoms with Gasteiger partial charge in [0.05, 0.1) is 0 Å². The van der Waals surface area contributed by atoms with Gasteiger partial charge in [-0.15, -0.1) is 0 Å². The Morgan fingerprint density at radius 3 is 2.42 bits per heavy atom. The molecule has 0 bridgehead atoms. The number of aryl methyl sites for hydroxylation is 1. The second-order valence-corrected chi connectivity index (χ2v) is 10.4. The average molecular weight is 550 g/mol. The fraction of sp³-hybridized carbons (Fsp3) is 0.333. The summed E-state index contributed by atoms with van der Waals surface area (Å²) in [6.07, 6.45) is 4.65. The number of halogens is 1. The Kier molecular flexibility index (Phi) is 9.17. The third-order valence-electron chi connectivity index (χ3n) is 6.57. The van der Waals surface area contributed by atoms with Crippen molar-refractivity contribution in [2.45, 2.75) is 57.7 Å². The van der Waals surface area contributed by atoms with Crippen LogP contribution < -0.4 is 10.1 Å². The van der Waals surface area contributed by atoms with Crippen LogP contribution >= 0.6 is 15.9 Å². The second-order valence-electron chi connectivity index (χ2n) is 9.45. The Balaban J connectivity index is 1.61. The number of hydrogen-bond acceptors (Lipinski definition) is 3. The number of nitrogens with one attached hydrogen (secondary N) is 1. The Bertz CT molecular complexity index is 1160. The van der Waals surface area contributed by atoms with Crippen LogP contribution in [0.4, 0.5) is 0 Å². The van der Waals surface area contributed by atoms with Crippen LogP contribution in [0.3, 0.4) is 0 Å². The van der Waals surface area contributed by atoms with Crippen LogP contribution in [-0.2, 0) is 22.6 Å². The predicted octanol–water partition coefficient (Wildman–Crippen LogP) is 5.84. The summed E-state index contributed by atoms with van der Waals surface area (Å²) in [4.78, 5) is 29.0. The number of carbonyl (C=O) groups excluding carboxylic acids is 2. The molecule has 5 nitrogen and oxygen atoms in total. The SMILES string of the molecule is Cc1cccc(OCC(=O)N(Cc2cccc(Br)c2)[C@@H](Cc2ccccc2)C(=O)NC2CCCC2)c1. The van der Waals surface area contributed by atoms with Crippen LogP contribution in [0.25, 0.3) is 0 Å². The summed E-state index contributed by atoms with van der Waals surface area (Å²) in [6.45, 7) is 2.15. The first-order valence-corrected chi connectivity index (χ1v) is 13.3. The number of nitrogens with zero attached hydrogens (tertiary/aromatic N) is 1. The van der Waals surface area contributed by atoms with Gasteiger partial charge in [-0.25, -0.2) is 0 Å². The van der Waals surface area contributed by atoms with E-state index in [0.29, 0.717) is 18.7 Å². The highest BCUT2D eigenvalue weighted by molar-refractivity contribution is 9.10. The van der Waals surface area contributed by atoms with Crippen LogP contribution in [0, 0.1) is 6.92 Å². The maximum atomic E-state index is 13.7. The largest absolute Gasteiger partial charge is 0.484 e. The summed E-state index contributed by atoms with van der Waals surface area (Å²) in [7, 11) is 0. The summed E-state index contributed by atoms with van der Waals surface area (Å²) >= 11 is 3.53. The minimum absolute atomic E-state index is 0.107. The fourth-order valence-corrected chi connectivity index (χ4v) is 5.13. The molecule has 0 aromatic heterocycles. The molecule has 6 heteroatoms. The van der Waals surface area contributed by atoms with Gasteiger partial charge in [0.2, 0.25) is 5.91 Å². The van der Waals surface area contributed by atoms with E-state index in [9.17, 15) is 9.59 Å². The molecule has 0 heterocycles. The highest BCUT2D eigenvalue weighted by Crippen LogP contribution is 2.21. The van der Waals surface area contributed by atoms with Crippen molar-refractivity contribution >= 4 is 27.7 Å². The summed E-state index contributed by atoms with van der Waals surface area (Å²) < 4.78 is 6.80. The zero-order valence-electron chi connectivity index (χ0n) is 20.7. The van der Waals surface area contributed by atoms with Gasteiger partial charge in [-0.1, -0.05) is 83.4 Å². The van der Waals surface area contributed by atoms with Gasteiger partial charge < -0.3 is 15.0 Å². The minimum Gasteiger partial charge on any atom is -0.484 e. The van der Waals surface area contributed by atoms with E-state index in [1.165, 1.54) is 0 Å². The number of carbonyl (C=O) groups is 2. The van der Waals surface area contributed by atoms with Crippen molar-refractivity contribution in [1.29, 1.82) is 0 Å².